The number of hydrogen-bond acceptors (Lipinski definition) is 3. The van der Waals surface area contributed by atoms with Gasteiger partial charge in [0.05, 0.1) is 5.92 Å². The molecule has 2 aliphatic rings. The third kappa shape index (κ3) is 3.65. The van der Waals surface area contributed by atoms with Gasteiger partial charge in [-0.25, -0.2) is 0 Å². The van der Waals surface area contributed by atoms with Crippen molar-refractivity contribution in [2.45, 2.75) is 31.7 Å². The minimum absolute atomic E-state index is 0.0388. The number of rotatable bonds is 3. The molecule has 4 N–H and O–H groups in total. The molecule has 0 saturated carbocycles. The number of amides is 1. The van der Waals surface area contributed by atoms with Gasteiger partial charge in [-0.1, -0.05) is 18.2 Å². The number of carboxylic acids is 1. The van der Waals surface area contributed by atoms with E-state index in [4.69, 9.17) is 9.90 Å². The van der Waals surface area contributed by atoms with Crippen molar-refractivity contribution in [2.75, 3.05) is 13.1 Å². The molecule has 1 saturated heterocycles. The number of carboxylic acid groups (broad SMARTS) is 1. The molecule has 1 aromatic heterocycles. The van der Waals surface area contributed by atoms with E-state index in [-0.39, 0.29) is 11.8 Å². The first kappa shape index (κ1) is 18.2. The lowest BCUT2D eigenvalue weighted by molar-refractivity contribution is -0.134. The zero-order chi connectivity index (χ0) is 18.7. The Hall–Kier alpha value is -2.60. The topological polar surface area (TPSA) is 94.2 Å². The van der Waals surface area contributed by atoms with Crippen LogP contribution in [0.25, 0.3) is 10.9 Å². The Bertz CT molecular complexity index is 823. The van der Waals surface area contributed by atoms with Crippen LogP contribution in [-0.2, 0) is 16.0 Å². The molecule has 0 bridgehead atoms. The van der Waals surface area contributed by atoms with Gasteiger partial charge < -0.3 is 20.7 Å². The smallest absolute Gasteiger partial charge is 0.300 e. The van der Waals surface area contributed by atoms with Crippen LogP contribution in [0.4, 0.5) is 0 Å². The molecule has 6 heteroatoms. The lowest BCUT2D eigenvalue weighted by Crippen LogP contribution is -2.50. The molecule has 2 aromatic rings. The van der Waals surface area contributed by atoms with E-state index in [0.717, 1.165) is 26.3 Å². The summed E-state index contributed by atoms with van der Waals surface area (Å²) in [6, 6.07) is 6.91. The second-order valence-electron chi connectivity index (χ2n) is 6.89. The van der Waals surface area contributed by atoms with Crippen LogP contribution < -0.4 is 10.6 Å². The summed E-state index contributed by atoms with van der Waals surface area (Å²) >= 11 is 0. The van der Waals surface area contributed by atoms with Gasteiger partial charge in [-0.05, 0) is 30.0 Å². The number of fused-ring (bicyclic) bond motifs is 2. The third-order valence-electron chi connectivity index (χ3n) is 5.10. The summed E-state index contributed by atoms with van der Waals surface area (Å²) in [4.78, 5) is 24.6. The third-order valence-corrected chi connectivity index (χ3v) is 5.10. The number of nitrogens with one attached hydrogen (secondary N) is 3. The minimum Gasteiger partial charge on any atom is -0.481 e. The lowest BCUT2D eigenvalue weighted by Gasteiger charge is -2.39. The number of carbonyl (C=O) groups excluding carboxylic acids is 1. The largest absolute Gasteiger partial charge is 0.481 e. The second kappa shape index (κ2) is 7.74. The summed E-state index contributed by atoms with van der Waals surface area (Å²) in [5.41, 5.74) is 4.00. The molecule has 1 aliphatic carbocycles. The molecular weight excluding hydrogens is 330 g/mol. The Morgan fingerprint density at radius 1 is 1.42 bits per heavy atom. The van der Waals surface area contributed by atoms with Crippen LogP contribution >= 0.6 is 0 Å². The van der Waals surface area contributed by atoms with E-state index >= 15 is 0 Å². The highest BCUT2D eigenvalue weighted by Gasteiger charge is 2.38. The van der Waals surface area contributed by atoms with Crippen LogP contribution in [0.15, 0.2) is 37.1 Å². The first-order valence-electron chi connectivity index (χ1n) is 8.91. The van der Waals surface area contributed by atoms with Crippen molar-refractivity contribution in [2.24, 2.45) is 5.92 Å². The fourth-order valence-corrected chi connectivity index (χ4v) is 4.06. The standard InChI is InChI=1S/C18H21N3O.C2H4O2/c1-2-6-19-18(22)12-7-14-13-4-3-5-15-17(13)11(9-20-15)8-16(14)21-10-12;1-2(3)4/h2-5,9,12,14,16,20-21H,1,6-8,10H2,(H,19,22);1H3,(H,3,4)/t12?,14?,16-;/m1./s1. The number of aromatic amines is 1. The zero-order valence-electron chi connectivity index (χ0n) is 14.9. The van der Waals surface area contributed by atoms with Gasteiger partial charge in [0.15, 0.2) is 0 Å². The highest BCUT2D eigenvalue weighted by Crippen LogP contribution is 2.41. The number of aromatic nitrogens is 1. The Morgan fingerprint density at radius 2 is 2.19 bits per heavy atom. The van der Waals surface area contributed by atoms with Crippen molar-refractivity contribution in [3.63, 3.8) is 0 Å². The Morgan fingerprint density at radius 3 is 2.92 bits per heavy atom. The Balaban J connectivity index is 0.000000447. The van der Waals surface area contributed by atoms with Gasteiger partial charge in [0.1, 0.15) is 0 Å². The molecule has 1 aliphatic heterocycles. The van der Waals surface area contributed by atoms with Gasteiger partial charge in [0, 0.05) is 49.1 Å². The van der Waals surface area contributed by atoms with Crippen LogP contribution in [0.2, 0.25) is 0 Å². The fraction of sp³-hybridized carbons (Fsp3) is 0.400. The van der Waals surface area contributed by atoms with Gasteiger partial charge in [-0.3, -0.25) is 9.59 Å². The number of hydrogen-bond donors (Lipinski definition) is 4. The van der Waals surface area contributed by atoms with Gasteiger partial charge in [0.25, 0.3) is 5.97 Å². The normalized spacial score (nSPS) is 23.3. The quantitative estimate of drug-likeness (QED) is 0.635. The lowest BCUT2D eigenvalue weighted by atomic mass is 9.73. The molecule has 6 nitrogen and oxygen atoms in total. The van der Waals surface area contributed by atoms with Crippen LogP contribution in [0, 0.1) is 5.92 Å². The highest BCUT2D eigenvalue weighted by atomic mass is 16.4. The number of piperidine rings is 1. The Kier molecular flexibility index (Phi) is 5.42. The zero-order valence-corrected chi connectivity index (χ0v) is 14.9. The first-order valence-corrected chi connectivity index (χ1v) is 8.91. The molecule has 2 heterocycles. The molecule has 3 atom stereocenters. The monoisotopic (exact) mass is 355 g/mol. The first-order chi connectivity index (χ1) is 12.5. The number of benzene rings is 1. The second-order valence-corrected chi connectivity index (χ2v) is 6.89. The predicted octanol–water partition coefficient (Wildman–Crippen LogP) is 2.18. The maximum Gasteiger partial charge on any atom is 0.300 e. The number of aliphatic carboxylic acids is 1. The molecule has 138 valence electrons. The maximum absolute atomic E-state index is 12.3. The molecular formula is C20H25N3O3. The maximum atomic E-state index is 12.3. The van der Waals surface area contributed by atoms with Crippen molar-refractivity contribution in [1.29, 1.82) is 0 Å². The molecule has 1 aromatic carbocycles. The minimum atomic E-state index is -0.833. The molecule has 26 heavy (non-hydrogen) atoms. The van der Waals surface area contributed by atoms with E-state index < -0.39 is 5.97 Å². The van der Waals surface area contributed by atoms with Crippen LogP contribution in [-0.4, -0.2) is 41.1 Å². The summed E-state index contributed by atoms with van der Waals surface area (Å²) in [6.45, 7) is 6.04. The average molecular weight is 355 g/mol. The van der Waals surface area contributed by atoms with Crippen molar-refractivity contribution in [3.05, 3.63) is 48.2 Å². The van der Waals surface area contributed by atoms with Gasteiger partial charge in [0.2, 0.25) is 5.91 Å². The predicted molar refractivity (Wildman–Crippen MR) is 101 cm³/mol. The summed E-state index contributed by atoms with van der Waals surface area (Å²) < 4.78 is 0. The van der Waals surface area contributed by atoms with Crippen LogP contribution in [0.3, 0.4) is 0 Å². The number of H-pyrrole nitrogens is 1. The van der Waals surface area contributed by atoms with E-state index in [2.05, 4.69) is 46.6 Å². The average Bonchev–Trinajstić information content (AvgIpc) is 3.03. The van der Waals surface area contributed by atoms with E-state index in [1.807, 2.05) is 0 Å². The van der Waals surface area contributed by atoms with E-state index in [0.29, 0.717) is 18.5 Å². The Labute approximate surface area is 152 Å². The SMILES string of the molecule is C=CCNC(=O)C1CN[C@@H]2Cc3c[nH]c4cccc(c34)C2C1.CC(=O)O. The van der Waals surface area contributed by atoms with E-state index in [9.17, 15) is 4.79 Å². The van der Waals surface area contributed by atoms with Crippen molar-refractivity contribution >= 4 is 22.8 Å². The van der Waals surface area contributed by atoms with Crippen molar-refractivity contribution in [3.8, 4) is 0 Å². The number of carbonyl (C=O) groups is 2. The fourth-order valence-electron chi connectivity index (χ4n) is 4.06. The van der Waals surface area contributed by atoms with Crippen LogP contribution in [0.1, 0.15) is 30.4 Å². The highest BCUT2D eigenvalue weighted by molar-refractivity contribution is 5.88. The summed E-state index contributed by atoms with van der Waals surface area (Å²) in [5, 5.41) is 15.3. The molecule has 2 unspecified atom stereocenters. The summed E-state index contributed by atoms with van der Waals surface area (Å²) in [5.74, 6) is -0.241. The molecule has 4 rings (SSSR count). The van der Waals surface area contributed by atoms with Gasteiger partial charge in [-0.15, -0.1) is 6.58 Å². The van der Waals surface area contributed by atoms with E-state index in [1.54, 1.807) is 6.08 Å². The van der Waals surface area contributed by atoms with Crippen molar-refractivity contribution < 1.29 is 14.7 Å². The summed E-state index contributed by atoms with van der Waals surface area (Å²) in [7, 11) is 0. The van der Waals surface area contributed by atoms with Crippen molar-refractivity contribution in [1.82, 2.24) is 15.6 Å². The molecule has 0 radical (unpaired) electrons. The van der Waals surface area contributed by atoms with Gasteiger partial charge in [-0.2, -0.15) is 0 Å². The molecule has 0 spiro atoms. The van der Waals surface area contributed by atoms with Gasteiger partial charge >= 0.3 is 0 Å². The summed E-state index contributed by atoms with van der Waals surface area (Å²) in [6.07, 6.45) is 5.83. The molecule has 1 fully saturated rings. The van der Waals surface area contributed by atoms with Crippen LogP contribution in [0.5, 0.6) is 0 Å². The van der Waals surface area contributed by atoms with E-state index in [1.165, 1.54) is 22.0 Å². The molecule has 1 amide bonds.